The van der Waals surface area contributed by atoms with Crippen molar-refractivity contribution >= 4 is 11.7 Å². The van der Waals surface area contributed by atoms with Crippen molar-refractivity contribution in [2.75, 3.05) is 11.9 Å². The quantitative estimate of drug-likeness (QED) is 0.868. The largest absolute Gasteiger partial charge is 0.362 e. The second-order valence-corrected chi connectivity index (χ2v) is 4.59. The minimum Gasteiger partial charge on any atom is -0.362 e. The van der Waals surface area contributed by atoms with Gasteiger partial charge < -0.3 is 14.7 Å². The first-order valence-corrected chi connectivity index (χ1v) is 6.27. The predicted octanol–water partition coefficient (Wildman–Crippen LogP) is 3.01. The van der Waals surface area contributed by atoms with Gasteiger partial charge in [-0.25, -0.2) is 6.57 Å². The minimum absolute atomic E-state index is 0.222. The van der Waals surface area contributed by atoms with E-state index in [1.54, 1.807) is 6.07 Å². The molecule has 0 atom stereocenters. The second kappa shape index (κ2) is 6.02. The first kappa shape index (κ1) is 13.8. The van der Waals surface area contributed by atoms with Gasteiger partial charge in [-0.15, -0.1) is 0 Å². The van der Waals surface area contributed by atoms with Gasteiger partial charge in [0, 0.05) is 11.1 Å². The van der Waals surface area contributed by atoms with Crippen LogP contribution in [0.25, 0.3) is 4.85 Å². The van der Waals surface area contributed by atoms with Gasteiger partial charge in [0.25, 0.3) is 5.91 Å². The maximum atomic E-state index is 12.2. The summed E-state index contributed by atoms with van der Waals surface area (Å²) < 4.78 is 4.86. The van der Waals surface area contributed by atoms with Crippen LogP contribution in [-0.2, 0) is 6.42 Å². The molecule has 20 heavy (non-hydrogen) atoms. The monoisotopic (exact) mass is 269 g/mol. The van der Waals surface area contributed by atoms with Crippen molar-refractivity contribution in [1.29, 1.82) is 0 Å². The van der Waals surface area contributed by atoms with Crippen LogP contribution < -0.4 is 5.32 Å². The molecule has 0 radical (unpaired) electrons. The van der Waals surface area contributed by atoms with Crippen molar-refractivity contribution < 1.29 is 9.32 Å². The van der Waals surface area contributed by atoms with Gasteiger partial charge in [0.05, 0.1) is 6.42 Å². The van der Waals surface area contributed by atoms with Crippen LogP contribution in [0.4, 0.5) is 5.82 Å². The van der Waals surface area contributed by atoms with Gasteiger partial charge in [0.2, 0.25) is 6.54 Å². The fourth-order valence-corrected chi connectivity index (χ4v) is 1.96. The average Bonchev–Trinajstić information content (AvgIpc) is 2.83. The van der Waals surface area contributed by atoms with Crippen molar-refractivity contribution in [3.05, 3.63) is 58.1 Å². The third kappa shape index (κ3) is 3.04. The van der Waals surface area contributed by atoms with E-state index in [1.165, 1.54) is 6.26 Å². The highest BCUT2D eigenvalue weighted by Crippen LogP contribution is 2.17. The summed E-state index contributed by atoms with van der Waals surface area (Å²) in [4.78, 5) is 15.5. The first-order chi connectivity index (χ1) is 9.61. The Balaban J connectivity index is 2.16. The number of aromatic nitrogens is 1. The van der Waals surface area contributed by atoms with Crippen LogP contribution in [-0.4, -0.2) is 17.6 Å². The first-order valence-electron chi connectivity index (χ1n) is 6.27. The zero-order valence-electron chi connectivity index (χ0n) is 11.4. The van der Waals surface area contributed by atoms with Gasteiger partial charge in [0.1, 0.15) is 6.26 Å². The summed E-state index contributed by atoms with van der Waals surface area (Å²) in [5, 5.41) is 6.50. The van der Waals surface area contributed by atoms with Crippen molar-refractivity contribution in [2.45, 2.75) is 20.3 Å². The number of rotatable bonds is 4. The van der Waals surface area contributed by atoms with E-state index >= 15 is 0 Å². The van der Waals surface area contributed by atoms with Crippen LogP contribution >= 0.6 is 0 Å². The van der Waals surface area contributed by atoms with Crippen LogP contribution in [0.2, 0.25) is 0 Å². The molecule has 0 unspecified atom stereocenters. The molecule has 0 aliphatic heterocycles. The zero-order chi connectivity index (χ0) is 14.5. The lowest BCUT2D eigenvalue weighted by Crippen LogP contribution is -2.15. The number of benzene rings is 1. The van der Waals surface area contributed by atoms with Crippen molar-refractivity contribution in [3.63, 3.8) is 0 Å². The lowest BCUT2D eigenvalue weighted by atomic mass is 10.1. The Morgan fingerprint density at radius 3 is 2.95 bits per heavy atom. The summed E-state index contributed by atoms with van der Waals surface area (Å²) in [6, 6.07) is 5.64. The number of hydrogen-bond donors (Lipinski definition) is 1. The van der Waals surface area contributed by atoms with Gasteiger partial charge in [-0.3, -0.25) is 4.79 Å². The number of anilines is 1. The molecule has 0 fully saturated rings. The Kier molecular flexibility index (Phi) is 4.16. The van der Waals surface area contributed by atoms with Crippen LogP contribution in [0.1, 0.15) is 27.0 Å². The maximum Gasteiger partial charge on any atom is 0.257 e. The van der Waals surface area contributed by atoms with Gasteiger partial charge in [0.15, 0.2) is 5.82 Å². The summed E-state index contributed by atoms with van der Waals surface area (Å²) in [6.07, 6.45) is 1.97. The minimum atomic E-state index is -0.222. The smallest absolute Gasteiger partial charge is 0.257 e. The van der Waals surface area contributed by atoms with E-state index < -0.39 is 0 Å². The van der Waals surface area contributed by atoms with Crippen LogP contribution in [0.5, 0.6) is 0 Å². The van der Waals surface area contributed by atoms with E-state index in [9.17, 15) is 4.79 Å². The molecule has 2 rings (SSSR count). The van der Waals surface area contributed by atoms with Crippen molar-refractivity contribution in [1.82, 2.24) is 5.16 Å². The molecule has 0 bridgehead atoms. The fraction of sp³-hybridized carbons (Fsp3) is 0.267. The van der Waals surface area contributed by atoms with E-state index in [0.29, 0.717) is 24.3 Å². The molecule has 0 aliphatic carbocycles. The molecule has 1 amide bonds. The van der Waals surface area contributed by atoms with Crippen molar-refractivity contribution in [3.8, 4) is 0 Å². The molecule has 0 saturated carbocycles. The molecule has 102 valence electrons. The third-order valence-corrected chi connectivity index (χ3v) is 2.99. The van der Waals surface area contributed by atoms with Gasteiger partial charge in [-0.05, 0) is 25.5 Å². The highest BCUT2D eigenvalue weighted by Gasteiger charge is 2.14. The Bertz CT molecular complexity index is 668. The molecule has 5 nitrogen and oxygen atoms in total. The van der Waals surface area contributed by atoms with E-state index in [-0.39, 0.29) is 5.91 Å². The van der Waals surface area contributed by atoms with E-state index in [2.05, 4.69) is 15.3 Å². The molecule has 0 spiro atoms. The van der Waals surface area contributed by atoms with Gasteiger partial charge >= 0.3 is 0 Å². The molecule has 2 aromatic rings. The standard InChI is InChI=1S/C15H15N3O2/c1-10-4-5-13(11(2)8-10)15(19)17-14-12(6-7-16-3)9-20-18-14/h4-5,8-9H,6-7H2,1-2H3,(H,17,18,19). The summed E-state index contributed by atoms with van der Waals surface area (Å²) in [6.45, 7) is 11.0. The van der Waals surface area contributed by atoms with Gasteiger partial charge in [-0.2, -0.15) is 0 Å². The lowest BCUT2D eigenvalue weighted by Gasteiger charge is -2.07. The molecule has 0 aliphatic rings. The Hall–Kier alpha value is -2.61. The Morgan fingerprint density at radius 1 is 1.45 bits per heavy atom. The molecular weight excluding hydrogens is 254 g/mol. The number of nitrogens with one attached hydrogen (secondary N) is 1. The molecule has 0 saturated heterocycles. The molecule has 1 aromatic heterocycles. The van der Waals surface area contributed by atoms with Crippen LogP contribution in [0.15, 0.2) is 29.0 Å². The second-order valence-electron chi connectivity index (χ2n) is 4.59. The van der Waals surface area contributed by atoms with E-state index in [0.717, 1.165) is 16.7 Å². The zero-order valence-corrected chi connectivity index (χ0v) is 11.4. The normalized spacial score (nSPS) is 10.1. The van der Waals surface area contributed by atoms with E-state index in [1.807, 2.05) is 26.0 Å². The number of aryl methyl sites for hydroxylation is 2. The number of amides is 1. The highest BCUT2D eigenvalue weighted by atomic mass is 16.5. The highest BCUT2D eigenvalue weighted by molar-refractivity contribution is 6.05. The number of nitrogens with zero attached hydrogens (tertiary/aromatic N) is 2. The third-order valence-electron chi connectivity index (χ3n) is 2.99. The molecule has 1 N–H and O–H groups in total. The predicted molar refractivity (Wildman–Crippen MR) is 75.5 cm³/mol. The fourth-order valence-electron chi connectivity index (χ4n) is 1.96. The van der Waals surface area contributed by atoms with Crippen LogP contribution in [0.3, 0.4) is 0 Å². The van der Waals surface area contributed by atoms with Gasteiger partial charge in [-0.1, -0.05) is 22.9 Å². The van der Waals surface area contributed by atoms with Crippen LogP contribution in [0, 0.1) is 20.4 Å². The SMILES string of the molecule is [C-]#[N+]CCc1conc1NC(=O)c1ccc(C)cc1C. The molecule has 1 aromatic carbocycles. The maximum absolute atomic E-state index is 12.2. The average molecular weight is 269 g/mol. The Labute approximate surface area is 117 Å². The number of carbonyl (C=O) groups excluding carboxylic acids is 1. The molecule has 5 heteroatoms. The van der Waals surface area contributed by atoms with E-state index in [4.69, 9.17) is 11.1 Å². The Morgan fingerprint density at radius 2 is 2.25 bits per heavy atom. The summed E-state index contributed by atoms with van der Waals surface area (Å²) >= 11 is 0. The van der Waals surface area contributed by atoms with Crippen molar-refractivity contribution in [2.24, 2.45) is 0 Å². The summed E-state index contributed by atoms with van der Waals surface area (Å²) in [5.41, 5.74) is 3.36. The number of carbonyl (C=O) groups is 1. The molecule has 1 heterocycles. The summed E-state index contributed by atoms with van der Waals surface area (Å²) in [7, 11) is 0. The lowest BCUT2D eigenvalue weighted by molar-refractivity contribution is 0.102. The number of hydrogen-bond acceptors (Lipinski definition) is 3. The summed E-state index contributed by atoms with van der Waals surface area (Å²) in [5.74, 6) is 0.166. The topological polar surface area (TPSA) is 59.5 Å². The molecular formula is C15H15N3O2.